The normalized spacial score (nSPS) is 32.7. The van der Waals surface area contributed by atoms with Crippen molar-refractivity contribution in [3.05, 3.63) is 35.9 Å². The van der Waals surface area contributed by atoms with Crippen LogP contribution < -0.4 is 5.32 Å². The zero-order chi connectivity index (χ0) is 11.7. The molecule has 2 unspecified atom stereocenters. The van der Waals surface area contributed by atoms with Crippen LogP contribution in [0.1, 0.15) is 37.3 Å². The lowest BCUT2D eigenvalue weighted by Gasteiger charge is -2.40. The first-order chi connectivity index (χ1) is 8.30. The maximum Gasteiger partial charge on any atom is 0.306 e. The molecule has 0 aliphatic carbocycles. The molecule has 0 bridgehead atoms. The molecule has 90 valence electrons. The highest BCUT2D eigenvalue weighted by Gasteiger charge is 2.48. The highest BCUT2D eigenvalue weighted by molar-refractivity contribution is 5.72. The topological polar surface area (TPSA) is 38.3 Å². The van der Waals surface area contributed by atoms with Gasteiger partial charge in [0.05, 0.1) is 6.04 Å². The first-order valence-corrected chi connectivity index (χ1v) is 6.30. The SMILES string of the molecule is O=C1CCC2(CCCNC2c2ccccc2)O1. The van der Waals surface area contributed by atoms with Crippen LogP contribution in [0.15, 0.2) is 30.3 Å². The Labute approximate surface area is 101 Å². The Kier molecular flexibility index (Phi) is 2.63. The molecule has 1 aromatic carbocycles. The average molecular weight is 231 g/mol. The molecule has 2 aliphatic rings. The Bertz CT molecular complexity index is 417. The molecule has 1 aromatic rings. The third kappa shape index (κ3) is 1.84. The van der Waals surface area contributed by atoms with E-state index in [9.17, 15) is 4.79 Å². The summed E-state index contributed by atoms with van der Waals surface area (Å²) in [7, 11) is 0. The van der Waals surface area contributed by atoms with Crippen LogP contribution in [0.25, 0.3) is 0 Å². The maximum absolute atomic E-state index is 11.4. The second-order valence-corrected chi connectivity index (χ2v) is 4.94. The van der Waals surface area contributed by atoms with Crippen molar-refractivity contribution in [1.29, 1.82) is 0 Å². The van der Waals surface area contributed by atoms with Crippen molar-refractivity contribution in [3.8, 4) is 0 Å². The van der Waals surface area contributed by atoms with Crippen molar-refractivity contribution in [3.63, 3.8) is 0 Å². The number of rotatable bonds is 1. The fourth-order valence-electron chi connectivity index (χ4n) is 3.05. The molecule has 0 aromatic heterocycles. The van der Waals surface area contributed by atoms with E-state index in [1.165, 1.54) is 5.56 Å². The lowest BCUT2D eigenvalue weighted by Crippen LogP contribution is -2.48. The fraction of sp³-hybridized carbons (Fsp3) is 0.500. The number of carbonyl (C=O) groups is 1. The van der Waals surface area contributed by atoms with Gasteiger partial charge in [0.15, 0.2) is 0 Å². The van der Waals surface area contributed by atoms with Crippen molar-refractivity contribution in [1.82, 2.24) is 5.32 Å². The van der Waals surface area contributed by atoms with E-state index < -0.39 is 0 Å². The predicted molar refractivity (Wildman–Crippen MR) is 64.5 cm³/mol. The van der Waals surface area contributed by atoms with Crippen molar-refractivity contribution in [2.75, 3.05) is 6.54 Å². The van der Waals surface area contributed by atoms with Crippen molar-refractivity contribution < 1.29 is 9.53 Å². The van der Waals surface area contributed by atoms with Gasteiger partial charge in [-0.25, -0.2) is 0 Å². The Morgan fingerprint density at radius 3 is 2.76 bits per heavy atom. The number of carbonyl (C=O) groups excluding carboxylic acids is 1. The first kappa shape index (κ1) is 10.8. The van der Waals surface area contributed by atoms with Crippen LogP contribution in [0.2, 0.25) is 0 Å². The zero-order valence-electron chi connectivity index (χ0n) is 9.82. The molecule has 2 fully saturated rings. The maximum atomic E-state index is 11.4. The van der Waals surface area contributed by atoms with Gasteiger partial charge in [0.2, 0.25) is 0 Å². The number of esters is 1. The third-order valence-electron chi connectivity index (χ3n) is 3.85. The zero-order valence-corrected chi connectivity index (χ0v) is 9.82. The summed E-state index contributed by atoms with van der Waals surface area (Å²) >= 11 is 0. The van der Waals surface area contributed by atoms with E-state index in [0.717, 1.165) is 25.8 Å². The van der Waals surface area contributed by atoms with Crippen LogP contribution >= 0.6 is 0 Å². The van der Waals surface area contributed by atoms with Gasteiger partial charge in [-0.2, -0.15) is 0 Å². The van der Waals surface area contributed by atoms with Gasteiger partial charge in [0, 0.05) is 6.42 Å². The van der Waals surface area contributed by atoms with Crippen molar-refractivity contribution >= 4 is 5.97 Å². The first-order valence-electron chi connectivity index (χ1n) is 6.30. The minimum Gasteiger partial charge on any atom is -0.457 e. The van der Waals surface area contributed by atoms with Gasteiger partial charge in [-0.3, -0.25) is 4.79 Å². The van der Waals surface area contributed by atoms with Crippen LogP contribution in [0.4, 0.5) is 0 Å². The number of nitrogens with one attached hydrogen (secondary N) is 1. The summed E-state index contributed by atoms with van der Waals surface area (Å²) in [4.78, 5) is 11.4. The molecule has 0 radical (unpaired) electrons. The second-order valence-electron chi connectivity index (χ2n) is 4.94. The molecule has 1 N–H and O–H groups in total. The van der Waals surface area contributed by atoms with E-state index in [1.54, 1.807) is 0 Å². The van der Waals surface area contributed by atoms with Crippen LogP contribution in [-0.4, -0.2) is 18.1 Å². The van der Waals surface area contributed by atoms with Crippen LogP contribution in [0, 0.1) is 0 Å². The van der Waals surface area contributed by atoms with Crippen molar-refractivity contribution in [2.45, 2.75) is 37.3 Å². The summed E-state index contributed by atoms with van der Waals surface area (Å²) in [6.45, 7) is 0.999. The molecule has 3 heteroatoms. The quantitative estimate of drug-likeness (QED) is 0.753. The Hall–Kier alpha value is -1.35. The standard InChI is InChI=1S/C14H17NO2/c16-12-7-9-14(17-12)8-4-10-15-13(14)11-5-2-1-3-6-11/h1-3,5-6,13,15H,4,7-10H2. The van der Waals surface area contributed by atoms with E-state index >= 15 is 0 Å². The van der Waals surface area contributed by atoms with E-state index in [0.29, 0.717) is 6.42 Å². The Morgan fingerprint density at radius 2 is 2.06 bits per heavy atom. The molecule has 3 nitrogen and oxygen atoms in total. The van der Waals surface area contributed by atoms with Crippen LogP contribution in [0.5, 0.6) is 0 Å². The number of hydrogen-bond donors (Lipinski definition) is 1. The molecule has 0 saturated carbocycles. The lowest BCUT2D eigenvalue weighted by molar-refractivity contribution is -0.153. The summed E-state index contributed by atoms with van der Waals surface area (Å²) in [6, 6.07) is 10.5. The summed E-state index contributed by atoms with van der Waals surface area (Å²) in [5.41, 5.74) is 0.929. The number of hydrogen-bond acceptors (Lipinski definition) is 3. The fourth-order valence-corrected chi connectivity index (χ4v) is 3.05. The van der Waals surface area contributed by atoms with Gasteiger partial charge in [-0.1, -0.05) is 30.3 Å². The third-order valence-corrected chi connectivity index (χ3v) is 3.85. The number of benzene rings is 1. The minimum absolute atomic E-state index is 0.0466. The average Bonchev–Trinajstić information content (AvgIpc) is 2.73. The van der Waals surface area contributed by atoms with Gasteiger partial charge in [-0.05, 0) is 31.4 Å². The second kappa shape index (κ2) is 4.15. The summed E-state index contributed by atoms with van der Waals surface area (Å²) in [5.74, 6) is -0.0466. The highest BCUT2D eigenvalue weighted by atomic mass is 16.6. The molecule has 17 heavy (non-hydrogen) atoms. The lowest BCUT2D eigenvalue weighted by atomic mass is 9.80. The predicted octanol–water partition coefficient (Wildman–Crippen LogP) is 2.19. The monoisotopic (exact) mass is 231 g/mol. The van der Waals surface area contributed by atoms with Gasteiger partial charge < -0.3 is 10.1 Å². The molecule has 2 heterocycles. The molecule has 3 rings (SSSR count). The van der Waals surface area contributed by atoms with Gasteiger partial charge in [0.25, 0.3) is 0 Å². The van der Waals surface area contributed by atoms with Gasteiger partial charge in [-0.15, -0.1) is 0 Å². The minimum atomic E-state index is -0.295. The summed E-state index contributed by atoms with van der Waals surface area (Å²) < 4.78 is 5.66. The van der Waals surface area contributed by atoms with Crippen molar-refractivity contribution in [2.24, 2.45) is 0 Å². The number of piperidine rings is 1. The van der Waals surface area contributed by atoms with Gasteiger partial charge >= 0.3 is 5.97 Å². The Morgan fingerprint density at radius 1 is 1.24 bits per heavy atom. The van der Waals surface area contributed by atoms with Gasteiger partial charge in [0.1, 0.15) is 5.60 Å². The van der Waals surface area contributed by atoms with E-state index in [2.05, 4.69) is 17.4 Å². The molecular formula is C14H17NO2. The summed E-state index contributed by atoms with van der Waals surface area (Å²) in [6.07, 6.45) is 3.46. The van der Waals surface area contributed by atoms with E-state index in [1.807, 2.05) is 18.2 Å². The molecular weight excluding hydrogens is 214 g/mol. The molecule has 2 atom stereocenters. The van der Waals surface area contributed by atoms with Crippen LogP contribution in [-0.2, 0) is 9.53 Å². The molecule has 1 spiro atoms. The molecule has 0 amide bonds. The van der Waals surface area contributed by atoms with E-state index in [4.69, 9.17) is 4.74 Å². The van der Waals surface area contributed by atoms with Crippen LogP contribution in [0.3, 0.4) is 0 Å². The van der Waals surface area contributed by atoms with E-state index in [-0.39, 0.29) is 17.6 Å². The Balaban J connectivity index is 1.93. The molecule has 2 saturated heterocycles. The largest absolute Gasteiger partial charge is 0.457 e. The smallest absolute Gasteiger partial charge is 0.306 e. The summed E-state index contributed by atoms with van der Waals surface area (Å²) in [5, 5.41) is 3.51. The molecule has 2 aliphatic heterocycles. The number of ether oxygens (including phenoxy) is 1. The highest BCUT2D eigenvalue weighted by Crippen LogP contribution is 2.43.